The van der Waals surface area contributed by atoms with Crippen molar-refractivity contribution in [3.63, 3.8) is 0 Å². The Kier molecular flexibility index (Phi) is 4.63. The summed E-state index contributed by atoms with van der Waals surface area (Å²) in [6.07, 6.45) is 5.77. The Morgan fingerprint density at radius 3 is 2.88 bits per heavy atom. The number of furan rings is 1. The monoisotopic (exact) mass is 236 g/mol. The lowest BCUT2D eigenvalue weighted by Crippen LogP contribution is -2.32. The lowest BCUT2D eigenvalue weighted by molar-refractivity contribution is 0.195. The van der Waals surface area contributed by atoms with Crippen LogP contribution in [0.2, 0.25) is 0 Å². The third-order valence-electron chi connectivity index (χ3n) is 4.02. The largest absolute Gasteiger partial charge is 0.468 e. The first-order chi connectivity index (χ1) is 8.33. The van der Waals surface area contributed by atoms with Gasteiger partial charge in [-0.1, -0.05) is 13.3 Å². The van der Waals surface area contributed by atoms with Crippen LogP contribution in [0.25, 0.3) is 0 Å². The van der Waals surface area contributed by atoms with Crippen LogP contribution in [0.1, 0.15) is 31.9 Å². The molecule has 0 bridgehead atoms. The number of nitrogens with zero attached hydrogens (tertiary/aromatic N) is 1. The molecule has 0 saturated heterocycles. The summed E-state index contributed by atoms with van der Waals surface area (Å²) < 4.78 is 5.42. The topological polar surface area (TPSA) is 42.4 Å². The van der Waals surface area contributed by atoms with Crippen LogP contribution in [-0.2, 0) is 6.54 Å². The lowest BCUT2D eigenvalue weighted by Gasteiger charge is -2.26. The fourth-order valence-corrected chi connectivity index (χ4v) is 2.92. The first-order valence-corrected chi connectivity index (χ1v) is 6.78. The zero-order valence-corrected chi connectivity index (χ0v) is 10.8. The van der Waals surface area contributed by atoms with Gasteiger partial charge in [0.05, 0.1) is 12.8 Å². The number of nitrogens with two attached hydrogens (primary N) is 1. The van der Waals surface area contributed by atoms with Crippen molar-refractivity contribution >= 4 is 0 Å². The molecule has 0 spiro atoms. The van der Waals surface area contributed by atoms with Gasteiger partial charge in [-0.3, -0.25) is 4.90 Å². The van der Waals surface area contributed by atoms with Crippen molar-refractivity contribution in [1.29, 1.82) is 0 Å². The normalized spacial score (nSPS) is 24.6. The van der Waals surface area contributed by atoms with Crippen LogP contribution in [0.3, 0.4) is 0 Å². The van der Waals surface area contributed by atoms with E-state index in [0.717, 1.165) is 37.2 Å². The molecule has 0 amide bonds. The minimum Gasteiger partial charge on any atom is -0.468 e. The molecule has 1 aromatic rings. The van der Waals surface area contributed by atoms with E-state index >= 15 is 0 Å². The predicted octanol–water partition coefficient (Wildman–Crippen LogP) is 2.48. The highest BCUT2D eigenvalue weighted by Gasteiger charge is 2.27. The fraction of sp³-hybridized carbons (Fsp3) is 0.714. The van der Waals surface area contributed by atoms with Gasteiger partial charge in [-0.2, -0.15) is 0 Å². The maximum Gasteiger partial charge on any atom is 0.117 e. The highest BCUT2D eigenvalue weighted by molar-refractivity contribution is 4.98. The van der Waals surface area contributed by atoms with Gasteiger partial charge < -0.3 is 10.2 Å². The quantitative estimate of drug-likeness (QED) is 0.825. The van der Waals surface area contributed by atoms with E-state index in [-0.39, 0.29) is 0 Å². The summed E-state index contributed by atoms with van der Waals surface area (Å²) in [6.45, 7) is 6.24. The second kappa shape index (κ2) is 6.22. The van der Waals surface area contributed by atoms with Gasteiger partial charge in [0.2, 0.25) is 0 Å². The highest BCUT2D eigenvalue weighted by atomic mass is 16.3. The van der Waals surface area contributed by atoms with Crippen molar-refractivity contribution in [2.24, 2.45) is 17.6 Å². The molecule has 2 unspecified atom stereocenters. The standard InChI is InChI=1S/C14H24N2O/c1-2-16(11-14-7-4-8-17-14)10-13-6-3-5-12(13)9-15/h4,7-8,12-13H,2-3,5-6,9-11,15H2,1H3. The molecule has 0 aromatic carbocycles. The highest BCUT2D eigenvalue weighted by Crippen LogP contribution is 2.31. The van der Waals surface area contributed by atoms with Gasteiger partial charge in [0, 0.05) is 6.54 Å². The second-order valence-electron chi connectivity index (χ2n) is 5.09. The van der Waals surface area contributed by atoms with E-state index in [1.165, 1.54) is 25.8 Å². The third kappa shape index (κ3) is 3.33. The molecule has 96 valence electrons. The van der Waals surface area contributed by atoms with Crippen molar-refractivity contribution in [3.05, 3.63) is 24.2 Å². The number of hydrogen-bond donors (Lipinski definition) is 1. The maximum atomic E-state index is 5.84. The molecule has 1 aliphatic carbocycles. The van der Waals surface area contributed by atoms with E-state index < -0.39 is 0 Å². The smallest absolute Gasteiger partial charge is 0.117 e. The molecule has 2 N–H and O–H groups in total. The first kappa shape index (κ1) is 12.7. The van der Waals surface area contributed by atoms with Gasteiger partial charge in [-0.15, -0.1) is 0 Å². The van der Waals surface area contributed by atoms with E-state index in [9.17, 15) is 0 Å². The molecular weight excluding hydrogens is 212 g/mol. The van der Waals surface area contributed by atoms with Crippen LogP contribution in [0.15, 0.2) is 22.8 Å². The molecule has 1 aromatic heterocycles. The molecular formula is C14H24N2O. The van der Waals surface area contributed by atoms with Gasteiger partial charge >= 0.3 is 0 Å². The van der Waals surface area contributed by atoms with Crippen LogP contribution >= 0.6 is 0 Å². The van der Waals surface area contributed by atoms with Crippen molar-refractivity contribution in [3.8, 4) is 0 Å². The average Bonchev–Trinajstić information content (AvgIpc) is 2.99. The Balaban J connectivity index is 1.86. The van der Waals surface area contributed by atoms with Crippen molar-refractivity contribution < 1.29 is 4.42 Å². The van der Waals surface area contributed by atoms with Crippen LogP contribution in [0.5, 0.6) is 0 Å². The van der Waals surface area contributed by atoms with E-state index in [1.807, 2.05) is 6.07 Å². The summed E-state index contributed by atoms with van der Waals surface area (Å²) in [5.74, 6) is 2.59. The van der Waals surface area contributed by atoms with Crippen molar-refractivity contribution in [1.82, 2.24) is 4.90 Å². The van der Waals surface area contributed by atoms with Gasteiger partial charge in [0.1, 0.15) is 5.76 Å². The first-order valence-electron chi connectivity index (χ1n) is 6.78. The van der Waals surface area contributed by atoms with Gasteiger partial charge in [0.15, 0.2) is 0 Å². The fourth-order valence-electron chi connectivity index (χ4n) is 2.92. The molecule has 0 aliphatic heterocycles. The lowest BCUT2D eigenvalue weighted by atomic mass is 9.95. The van der Waals surface area contributed by atoms with Crippen LogP contribution < -0.4 is 5.73 Å². The van der Waals surface area contributed by atoms with E-state index in [4.69, 9.17) is 10.2 Å². The van der Waals surface area contributed by atoms with E-state index in [1.54, 1.807) is 6.26 Å². The van der Waals surface area contributed by atoms with E-state index in [0.29, 0.717) is 0 Å². The Morgan fingerprint density at radius 1 is 1.41 bits per heavy atom. The third-order valence-corrected chi connectivity index (χ3v) is 4.02. The van der Waals surface area contributed by atoms with Crippen LogP contribution in [0.4, 0.5) is 0 Å². The molecule has 2 rings (SSSR count). The molecule has 1 saturated carbocycles. The molecule has 2 atom stereocenters. The molecule has 1 aliphatic rings. The Bertz CT molecular complexity index is 310. The Hall–Kier alpha value is -0.800. The minimum absolute atomic E-state index is 0.737. The molecule has 3 heteroatoms. The Morgan fingerprint density at radius 2 is 2.24 bits per heavy atom. The Labute approximate surface area is 104 Å². The number of hydrogen-bond acceptors (Lipinski definition) is 3. The molecule has 0 radical (unpaired) electrons. The SMILES string of the molecule is CCN(Cc1ccco1)CC1CCCC1CN. The van der Waals surface area contributed by atoms with Gasteiger partial charge in [0.25, 0.3) is 0 Å². The summed E-state index contributed by atoms with van der Waals surface area (Å²) in [6, 6.07) is 4.01. The summed E-state index contributed by atoms with van der Waals surface area (Å²) in [5, 5.41) is 0. The predicted molar refractivity (Wildman–Crippen MR) is 69.5 cm³/mol. The summed E-state index contributed by atoms with van der Waals surface area (Å²) in [5.41, 5.74) is 5.84. The number of rotatable bonds is 6. The van der Waals surface area contributed by atoms with Gasteiger partial charge in [-0.05, 0) is 49.9 Å². The van der Waals surface area contributed by atoms with Crippen LogP contribution in [-0.4, -0.2) is 24.5 Å². The summed E-state index contributed by atoms with van der Waals surface area (Å²) >= 11 is 0. The van der Waals surface area contributed by atoms with Gasteiger partial charge in [-0.25, -0.2) is 0 Å². The average molecular weight is 236 g/mol. The molecule has 3 nitrogen and oxygen atoms in total. The minimum atomic E-state index is 0.737. The second-order valence-corrected chi connectivity index (χ2v) is 5.09. The van der Waals surface area contributed by atoms with Crippen molar-refractivity contribution in [2.75, 3.05) is 19.6 Å². The van der Waals surface area contributed by atoms with E-state index in [2.05, 4.69) is 17.9 Å². The molecule has 1 heterocycles. The summed E-state index contributed by atoms with van der Waals surface area (Å²) in [4.78, 5) is 2.47. The molecule has 1 fully saturated rings. The maximum absolute atomic E-state index is 5.84. The van der Waals surface area contributed by atoms with Crippen LogP contribution in [0, 0.1) is 11.8 Å². The summed E-state index contributed by atoms with van der Waals surface area (Å²) in [7, 11) is 0. The van der Waals surface area contributed by atoms with Crippen molar-refractivity contribution in [2.45, 2.75) is 32.7 Å². The molecule has 17 heavy (non-hydrogen) atoms. The zero-order valence-electron chi connectivity index (χ0n) is 10.8. The zero-order chi connectivity index (χ0) is 12.1.